The SMILES string of the molecule is CCCCN(C(=O)CCC)[C@@H](Cc1cnc[nH]1)C(=O)O. The molecule has 0 unspecified atom stereocenters. The van der Waals surface area contributed by atoms with E-state index in [9.17, 15) is 14.7 Å². The monoisotopic (exact) mass is 281 g/mol. The molecule has 112 valence electrons. The van der Waals surface area contributed by atoms with Crippen LogP contribution in [0.3, 0.4) is 0 Å². The number of unbranched alkanes of at least 4 members (excludes halogenated alkanes) is 1. The van der Waals surface area contributed by atoms with Gasteiger partial charge in [0.15, 0.2) is 0 Å². The molecule has 0 aromatic carbocycles. The number of nitrogens with zero attached hydrogens (tertiary/aromatic N) is 2. The minimum Gasteiger partial charge on any atom is -0.480 e. The highest BCUT2D eigenvalue weighted by Gasteiger charge is 2.29. The molecule has 6 nitrogen and oxygen atoms in total. The Morgan fingerprint density at radius 3 is 2.65 bits per heavy atom. The van der Waals surface area contributed by atoms with Crippen LogP contribution in [0.1, 0.15) is 45.2 Å². The van der Waals surface area contributed by atoms with Crippen LogP contribution in [-0.4, -0.2) is 44.4 Å². The molecule has 2 N–H and O–H groups in total. The second-order valence-electron chi connectivity index (χ2n) is 4.83. The molecule has 0 aliphatic rings. The van der Waals surface area contributed by atoms with Gasteiger partial charge in [-0.1, -0.05) is 20.3 Å². The topological polar surface area (TPSA) is 86.3 Å². The first-order valence-electron chi connectivity index (χ1n) is 7.09. The van der Waals surface area contributed by atoms with Crippen molar-refractivity contribution in [2.75, 3.05) is 6.54 Å². The van der Waals surface area contributed by atoms with E-state index in [1.165, 1.54) is 11.2 Å². The number of H-pyrrole nitrogens is 1. The first-order valence-corrected chi connectivity index (χ1v) is 7.09. The molecule has 20 heavy (non-hydrogen) atoms. The second kappa shape index (κ2) is 8.35. The van der Waals surface area contributed by atoms with E-state index in [-0.39, 0.29) is 12.3 Å². The van der Waals surface area contributed by atoms with E-state index in [1.807, 2.05) is 13.8 Å². The van der Waals surface area contributed by atoms with Gasteiger partial charge in [-0.15, -0.1) is 0 Å². The molecule has 0 radical (unpaired) electrons. The van der Waals surface area contributed by atoms with E-state index in [1.54, 1.807) is 6.20 Å². The highest BCUT2D eigenvalue weighted by atomic mass is 16.4. The van der Waals surface area contributed by atoms with E-state index in [0.717, 1.165) is 25.0 Å². The van der Waals surface area contributed by atoms with E-state index >= 15 is 0 Å². The van der Waals surface area contributed by atoms with Crippen LogP contribution in [0.2, 0.25) is 0 Å². The molecule has 0 fully saturated rings. The fraction of sp³-hybridized carbons (Fsp3) is 0.643. The van der Waals surface area contributed by atoms with Gasteiger partial charge >= 0.3 is 5.97 Å². The molecule has 1 aromatic rings. The molecule has 1 amide bonds. The van der Waals surface area contributed by atoms with Crippen LogP contribution < -0.4 is 0 Å². The second-order valence-corrected chi connectivity index (χ2v) is 4.83. The molecule has 1 heterocycles. The summed E-state index contributed by atoms with van der Waals surface area (Å²) >= 11 is 0. The zero-order chi connectivity index (χ0) is 15.0. The van der Waals surface area contributed by atoms with Crippen molar-refractivity contribution in [1.82, 2.24) is 14.9 Å². The van der Waals surface area contributed by atoms with Gasteiger partial charge < -0.3 is 15.0 Å². The Kier molecular flexibility index (Phi) is 6.76. The molecule has 0 saturated heterocycles. The lowest BCUT2D eigenvalue weighted by molar-refractivity contribution is -0.150. The molecule has 0 aliphatic heterocycles. The number of carbonyl (C=O) groups is 2. The number of carboxylic acid groups (broad SMARTS) is 1. The van der Waals surface area contributed by atoms with E-state index in [2.05, 4.69) is 9.97 Å². The van der Waals surface area contributed by atoms with Gasteiger partial charge in [-0.2, -0.15) is 0 Å². The minimum absolute atomic E-state index is 0.0899. The molecular formula is C14H23N3O3. The van der Waals surface area contributed by atoms with Crippen LogP contribution in [-0.2, 0) is 16.0 Å². The Morgan fingerprint density at radius 1 is 1.40 bits per heavy atom. The average Bonchev–Trinajstić information content (AvgIpc) is 2.91. The number of imidazole rings is 1. The van der Waals surface area contributed by atoms with Crippen molar-refractivity contribution < 1.29 is 14.7 Å². The van der Waals surface area contributed by atoms with Crippen LogP contribution in [0.25, 0.3) is 0 Å². The zero-order valence-electron chi connectivity index (χ0n) is 12.1. The fourth-order valence-corrected chi connectivity index (χ4v) is 2.08. The predicted molar refractivity (Wildman–Crippen MR) is 75.2 cm³/mol. The highest BCUT2D eigenvalue weighted by Crippen LogP contribution is 2.12. The Bertz CT molecular complexity index is 417. The molecule has 1 aromatic heterocycles. The summed E-state index contributed by atoms with van der Waals surface area (Å²) in [7, 11) is 0. The van der Waals surface area contributed by atoms with Crippen molar-refractivity contribution in [2.24, 2.45) is 0 Å². The first kappa shape index (κ1) is 16.2. The summed E-state index contributed by atoms with van der Waals surface area (Å²) in [5, 5.41) is 9.43. The standard InChI is InChI=1S/C14H23N3O3/c1-3-5-7-17(13(18)6-4-2)12(14(19)20)8-11-9-15-10-16-11/h9-10,12H,3-8H2,1-2H3,(H,15,16)(H,19,20)/t12-/m0/s1. The number of hydrogen-bond acceptors (Lipinski definition) is 3. The normalized spacial score (nSPS) is 12.1. The van der Waals surface area contributed by atoms with Gasteiger partial charge in [-0.3, -0.25) is 4.79 Å². The number of amides is 1. The lowest BCUT2D eigenvalue weighted by Crippen LogP contribution is -2.46. The maximum absolute atomic E-state index is 12.2. The highest BCUT2D eigenvalue weighted by molar-refractivity contribution is 5.83. The van der Waals surface area contributed by atoms with Crippen LogP contribution >= 0.6 is 0 Å². The fourth-order valence-electron chi connectivity index (χ4n) is 2.08. The van der Waals surface area contributed by atoms with Crippen LogP contribution in [0, 0.1) is 0 Å². The van der Waals surface area contributed by atoms with Gasteiger partial charge in [0.05, 0.1) is 6.33 Å². The van der Waals surface area contributed by atoms with Crippen molar-refractivity contribution in [1.29, 1.82) is 0 Å². The van der Waals surface area contributed by atoms with Crippen molar-refractivity contribution in [3.63, 3.8) is 0 Å². The molecular weight excluding hydrogens is 258 g/mol. The number of nitrogens with one attached hydrogen (secondary N) is 1. The molecule has 0 aliphatic carbocycles. The number of carboxylic acids is 1. The first-order chi connectivity index (χ1) is 9.60. The summed E-state index contributed by atoms with van der Waals surface area (Å²) in [6.45, 7) is 4.42. The Hall–Kier alpha value is -1.85. The van der Waals surface area contributed by atoms with Crippen molar-refractivity contribution >= 4 is 11.9 Å². The number of rotatable bonds is 9. The number of aromatic amines is 1. The zero-order valence-corrected chi connectivity index (χ0v) is 12.1. The number of carbonyl (C=O) groups excluding carboxylic acids is 1. The van der Waals surface area contributed by atoms with E-state index < -0.39 is 12.0 Å². The molecule has 0 spiro atoms. The van der Waals surface area contributed by atoms with Crippen LogP contribution in [0.4, 0.5) is 0 Å². The lowest BCUT2D eigenvalue weighted by Gasteiger charge is -2.28. The van der Waals surface area contributed by atoms with Gasteiger partial charge in [-0.05, 0) is 12.8 Å². The summed E-state index contributed by atoms with van der Waals surface area (Å²) in [6.07, 6.45) is 6.20. The largest absolute Gasteiger partial charge is 0.480 e. The Labute approximate surface area is 119 Å². The van der Waals surface area contributed by atoms with Gasteiger partial charge in [0.1, 0.15) is 6.04 Å². The maximum Gasteiger partial charge on any atom is 0.326 e. The molecule has 1 atom stereocenters. The summed E-state index contributed by atoms with van der Waals surface area (Å²) in [5.41, 5.74) is 0.725. The van der Waals surface area contributed by atoms with Crippen molar-refractivity contribution in [3.8, 4) is 0 Å². The van der Waals surface area contributed by atoms with Crippen LogP contribution in [0.5, 0.6) is 0 Å². The summed E-state index contributed by atoms with van der Waals surface area (Å²) in [4.78, 5) is 31.9. The average molecular weight is 281 g/mol. The quantitative estimate of drug-likeness (QED) is 0.723. The van der Waals surface area contributed by atoms with Gasteiger partial charge in [-0.25, -0.2) is 9.78 Å². The third-order valence-electron chi connectivity index (χ3n) is 3.17. The number of aromatic nitrogens is 2. The molecule has 6 heteroatoms. The van der Waals surface area contributed by atoms with Crippen molar-refractivity contribution in [3.05, 3.63) is 18.2 Å². The lowest BCUT2D eigenvalue weighted by atomic mass is 10.1. The molecule has 0 bridgehead atoms. The minimum atomic E-state index is -0.972. The number of aliphatic carboxylic acids is 1. The molecule has 1 rings (SSSR count). The third kappa shape index (κ3) is 4.68. The van der Waals surface area contributed by atoms with E-state index in [4.69, 9.17) is 0 Å². The van der Waals surface area contributed by atoms with Gasteiger partial charge in [0, 0.05) is 31.3 Å². The van der Waals surface area contributed by atoms with Crippen LogP contribution in [0.15, 0.2) is 12.5 Å². The maximum atomic E-state index is 12.2. The summed E-state index contributed by atoms with van der Waals surface area (Å²) < 4.78 is 0. The number of hydrogen-bond donors (Lipinski definition) is 2. The van der Waals surface area contributed by atoms with Crippen molar-refractivity contribution in [2.45, 2.75) is 52.0 Å². The summed E-state index contributed by atoms with van der Waals surface area (Å²) in [5.74, 6) is -1.06. The smallest absolute Gasteiger partial charge is 0.326 e. The Balaban J connectivity index is 2.85. The molecule has 0 saturated carbocycles. The summed E-state index contributed by atoms with van der Waals surface area (Å²) in [6, 6.07) is -0.832. The van der Waals surface area contributed by atoms with E-state index in [0.29, 0.717) is 13.0 Å². The predicted octanol–water partition coefficient (Wildman–Crippen LogP) is 1.83. The van der Waals surface area contributed by atoms with Gasteiger partial charge in [0.2, 0.25) is 5.91 Å². The Morgan fingerprint density at radius 2 is 2.15 bits per heavy atom. The third-order valence-corrected chi connectivity index (χ3v) is 3.17. The van der Waals surface area contributed by atoms with Gasteiger partial charge in [0.25, 0.3) is 0 Å².